The second-order valence-corrected chi connectivity index (χ2v) is 2.72. The molecule has 0 aliphatic heterocycles. The van der Waals surface area contributed by atoms with Crippen molar-refractivity contribution in [1.82, 2.24) is 5.32 Å². The number of rotatable bonds is 4. The highest BCUT2D eigenvalue weighted by Gasteiger charge is 1.99. The molecule has 2 N–H and O–H groups in total. The molecule has 0 saturated carbocycles. The van der Waals surface area contributed by atoms with Crippen LogP contribution in [0.15, 0.2) is 24.3 Å². The number of nitrogens with one attached hydrogen (secondary N) is 1. The SMILES string of the molecule is CNCc1ccccc1OPO. The summed E-state index contributed by atoms with van der Waals surface area (Å²) in [6, 6.07) is 7.64. The van der Waals surface area contributed by atoms with E-state index in [1.165, 1.54) is 0 Å². The fraction of sp³-hybridized carbons (Fsp3) is 0.250. The van der Waals surface area contributed by atoms with Crippen molar-refractivity contribution in [1.29, 1.82) is 0 Å². The van der Waals surface area contributed by atoms with E-state index in [1.807, 2.05) is 31.3 Å². The molecule has 0 saturated heterocycles. The van der Waals surface area contributed by atoms with Crippen LogP contribution in [0.3, 0.4) is 0 Å². The van der Waals surface area contributed by atoms with Gasteiger partial charge in [0.25, 0.3) is 0 Å². The van der Waals surface area contributed by atoms with Crippen LogP contribution < -0.4 is 9.84 Å². The molecule has 1 atom stereocenters. The van der Waals surface area contributed by atoms with Gasteiger partial charge in [0.15, 0.2) is 0 Å². The molecule has 0 aliphatic rings. The smallest absolute Gasteiger partial charge is 0.212 e. The van der Waals surface area contributed by atoms with Gasteiger partial charge in [0.1, 0.15) is 5.75 Å². The van der Waals surface area contributed by atoms with E-state index >= 15 is 0 Å². The topological polar surface area (TPSA) is 41.5 Å². The summed E-state index contributed by atoms with van der Waals surface area (Å²) in [6.07, 6.45) is 0. The molecule has 0 spiro atoms. The number of para-hydroxylation sites is 1. The average Bonchev–Trinajstić information content (AvgIpc) is 2.09. The summed E-state index contributed by atoms with van der Waals surface area (Å²) in [4.78, 5) is 8.60. The Bertz CT molecular complexity index is 217. The Balaban J connectivity index is 2.77. The van der Waals surface area contributed by atoms with Gasteiger partial charge in [0.2, 0.25) is 9.03 Å². The van der Waals surface area contributed by atoms with E-state index in [9.17, 15) is 0 Å². The third-order valence-electron chi connectivity index (χ3n) is 1.50. The number of hydrogen-bond acceptors (Lipinski definition) is 3. The lowest BCUT2D eigenvalue weighted by molar-refractivity contribution is 0.509. The van der Waals surface area contributed by atoms with Gasteiger partial charge < -0.3 is 14.7 Å². The van der Waals surface area contributed by atoms with Crippen molar-refractivity contribution >= 4 is 9.03 Å². The fourth-order valence-electron chi connectivity index (χ4n) is 0.989. The van der Waals surface area contributed by atoms with Gasteiger partial charge in [-0.2, -0.15) is 0 Å². The standard InChI is InChI=1S/C8H12NO2P/c1-9-6-7-4-2-3-5-8(7)11-12-10/h2-5,9-10,12H,6H2,1H3. The van der Waals surface area contributed by atoms with E-state index in [2.05, 4.69) is 5.32 Å². The molecule has 0 heterocycles. The third kappa shape index (κ3) is 2.45. The van der Waals surface area contributed by atoms with Crippen molar-refractivity contribution in [2.45, 2.75) is 6.54 Å². The maximum atomic E-state index is 8.60. The molecule has 3 nitrogen and oxygen atoms in total. The van der Waals surface area contributed by atoms with Gasteiger partial charge in [-0.3, -0.25) is 0 Å². The zero-order chi connectivity index (χ0) is 8.81. The van der Waals surface area contributed by atoms with E-state index < -0.39 is 9.03 Å². The minimum absolute atomic E-state index is 0.492. The Hall–Kier alpha value is -0.630. The average molecular weight is 185 g/mol. The Morgan fingerprint density at radius 2 is 2.25 bits per heavy atom. The zero-order valence-corrected chi connectivity index (χ0v) is 7.87. The summed E-state index contributed by atoms with van der Waals surface area (Å²) in [5.74, 6) is 0.743. The largest absolute Gasteiger partial charge is 0.450 e. The Labute approximate surface area is 73.7 Å². The lowest BCUT2D eigenvalue weighted by Gasteiger charge is -2.07. The predicted octanol–water partition coefficient (Wildman–Crippen LogP) is 1.29. The van der Waals surface area contributed by atoms with Crippen LogP contribution in [0, 0.1) is 0 Å². The molecular formula is C8H12NO2P. The van der Waals surface area contributed by atoms with Crippen molar-refractivity contribution in [3.63, 3.8) is 0 Å². The first-order chi connectivity index (χ1) is 5.88. The molecule has 0 aromatic heterocycles. The molecular weight excluding hydrogens is 173 g/mol. The predicted molar refractivity (Wildman–Crippen MR) is 50.4 cm³/mol. The molecule has 1 aromatic rings. The van der Waals surface area contributed by atoms with Crippen LogP contribution in [0.1, 0.15) is 5.56 Å². The molecule has 66 valence electrons. The van der Waals surface area contributed by atoms with Gasteiger partial charge in [-0.25, -0.2) is 0 Å². The molecule has 4 heteroatoms. The minimum Gasteiger partial charge on any atom is -0.450 e. The molecule has 1 unspecified atom stereocenters. The van der Waals surface area contributed by atoms with Gasteiger partial charge in [0, 0.05) is 12.1 Å². The van der Waals surface area contributed by atoms with Crippen molar-refractivity contribution < 1.29 is 9.42 Å². The van der Waals surface area contributed by atoms with Gasteiger partial charge >= 0.3 is 0 Å². The van der Waals surface area contributed by atoms with Crippen LogP contribution in [0.25, 0.3) is 0 Å². The summed E-state index contributed by atoms with van der Waals surface area (Å²) in [7, 11) is 1.38. The van der Waals surface area contributed by atoms with E-state index in [0.717, 1.165) is 17.9 Å². The first-order valence-electron chi connectivity index (χ1n) is 3.67. The zero-order valence-electron chi connectivity index (χ0n) is 6.87. The van der Waals surface area contributed by atoms with Crippen molar-refractivity contribution in [3.05, 3.63) is 29.8 Å². The Morgan fingerprint density at radius 1 is 1.50 bits per heavy atom. The molecule has 1 rings (SSSR count). The third-order valence-corrected chi connectivity index (χ3v) is 1.81. The summed E-state index contributed by atoms with van der Waals surface area (Å²) in [6.45, 7) is 0.751. The minimum atomic E-state index is -0.492. The van der Waals surface area contributed by atoms with Crippen molar-refractivity contribution in [3.8, 4) is 5.75 Å². The normalized spacial score (nSPS) is 10.8. The summed E-state index contributed by atoms with van der Waals surface area (Å²) >= 11 is 0. The van der Waals surface area contributed by atoms with Gasteiger partial charge in [-0.15, -0.1) is 0 Å². The van der Waals surface area contributed by atoms with Crippen molar-refractivity contribution in [2.75, 3.05) is 7.05 Å². The molecule has 0 aliphatic carbocycles. The fourth-order valence-corrected chi connectivity index (χ4v) is 1.29. The molecule has 0 fully saturated rings. The van der Waals surface area contributed by atoms with Crippen LogP contribution in [-0.2, 0) is 6.54 Å². The van der Waals surface area contributed by atoms with Crippen LogP contribution in [0.4, 0.5) is 0 Å². The van der Waals surface area contributed by atoms with Crippen LogP contribution in [-0.4, -0.2) is 11.9 Å². The highest BCUT2D eigenvalue weighted by Crippen LogP contribution is 2.22. The molecule has 0 radical (unpaired) electrons. The van der Waals surface area contributed by atoms with E-state index in [4.69, 9.17) is 9.42 Å². The molecule has 0 amide bonds. The summed E-state index contributed by atoms with van der Waals surface area (Å²) in [5.41, 5.74) is 1.06. The second kappa shape index (κ2) is 5.09. The number of hydrogen-bond donors (Lipinski definition) is 2. The van der Waals surface area contributed by atoms with E-state index in [-0.39, 0.29) is 0 Å². The maximum Gasteiger partial charge on any atom is 0.212 e. The first-order valence-corrected chi connectivity index (χ1v) is 4.52. The molecule has 1 aromatic carbocycles. The summed E-state index contributed by atoms with van der Waals surface area (Å²) < 4.78 is 5.03. The summed E-state index contributed by atoms with van der Waals surface area (Å²) in [5, 5.41) is 3.02. The van der Waals surface area contributed by atoms with Crippen molar-refractivity contribution in [2.24, 2.45) is 0 Å². The highest BCUT2D eigenvalue weighted by molar-refractivity contribution is 7.25. The van der Waals surface area contributed by atoms with Crippen LogP contribution >= 0.6 is 9.03 Å². The molecule has 0 bridgehead atoms. The second-order valence-electron chi connectivity index (χ2n) is 2.33. The lowest BCUT2D eigenvalue weighted by Crippen LogP contribution is -2.05. The maximum absolute atomic E-state index is 8.60. The lowest BCUT2D eigenvalue weighted by atomic mass is 10.2. The van der Waals surface area contributed by atoms with E-state index in [0.29, 0.717) is 0 Å². The van der Waals surface area contributed by atoms with Crippen LogP contribution in [0.2, 0.25) is 0 Å². The Morgan fingerprint density at radius 3 is 2.92 bits per heavy atom. The quantitative estimate of drug-likeness (QED) is 0.694. The number of benzene rings is 1. The van der Waals surface area contributed by atoms with Gasteiger partial charge in [0.05, 0.1) is 0 Å². The monoisotopic (exact) mass is 185 g/mol. The van der Waals surface area contributed by atoms with E-state index in [1.54, 1.807) is 0 Å². The van der Waals surface area contributed by atoms with Crippen LogP contribution in [0.5, 0.6) is 5.75 Å². The van der Waals surface area contributed by atoms with Gasteiger partial charge in [-0.05, 0) is 13.1 Å². The molecule has 12 heavy (non-hydrogen) atoms. The van der Waals surface area contributed by atoms with Gasteiger partial charge in [-0.1, -0.05) is 18.2 Å². The first kappa shape index (κ1) is 9.46. The Kier molecular flexibility index (Phi) is 4.01. The highest BCUT2D eigenvalue weighted by atomic mass is 31.1.